The average molecular weight is 340 g/mol. The van der Waals surface area contributed by atoms with E-state index >= 15 is 0 Å². The van der Waals surface area contributed by atoms with E-state index in [1.165, 1.54) is 0 Å². The first-order chi connectivity index (χ1) is 12.1. The predicted molar refractivity (Wildman–Crippen MR) is 96.7 cm³/mol. The van der Waals surface area contributed by atoms with Gasteiger partial charge >= 0.3 is 0 Å². The molecule has 0 saturated carbocycles. The second-order valence-electron chi connectivity index (χ2n) is 6.76. The van der Waals surface area contributed by atoms with Crippen LogP contribution in [0, 0.1) is 12.8 Å². The molecule has 1 N–H and O–H groups in total. The van der Waals surface area contributed by atoms with Crippen molar-refractivity contribution in [1.29, 1.82) is 0 Å². The molecule has 1 aromatic heterocycles. The highest BCUT2D eigenvalue weighted by atomic mass is 16.3. The van der Waals surface area contributed by atoms with Gasteiger partial charge in [-0.3, -0.25) is 9.59 Å². The summed E-state index contributed by atoms with van der Waals surface area (Å²) in [6, 6.07) is 11.4. The minimum Gasteiger partial charge on any atom is -0.396 e. The van der Waals surface area contributed by atoms with Crippen molar-refractivity contribution in [1.82, 2.24) is 9.47 Å². The maximum atomic E-state index is 12.7. The monoisotopic (exact) mass is 340 g/mol. The van der Waals surface area contributed by atoms with Crippen molar-refractivity contribution < 1.29 is 9.90 Å². The number of pyridine rings is 1. The molecular weight excluding hydrogens is 316 g/mol. The number of aryl methyl sites for hydroxylation is 1. The van der Waals surface area contributed by atoms with Crippen molar-refractivity contribution in [3.63, 3.8) is 0 Å². The Morgan fingerprint density at radius 2 is 1.96 bits per heavy atom. The minimum atomic E-state index is -0.252. The number of hydrogen-bond acceptors (Lipinski definition) is 3. The van der Waals surface area contributed by atoms with E-state index < -0.39 is 0 Å². The van der Waals surface area contributed by atoms with Crippen molar-refractivity contribution in [2.45, 2.75) is 26.3 Å². The summed E-state index contributed by atoms with van der Waals surface area (Å²) >= 11 is 0. The summed E-state index contributed by atoms with van der Waals surface area (Å²) < 4.78 is 1.59. The van der Waals surface area contributed by atoms with Gasteiger partial charge in [-0.2, -0.15) is 0 Å². The molecule has 1 fully saturated rings. The molecule has 5 nitrogen and oxygen atoms in total. The zero-order valence-corrected chi connectivity index (χ0v) is 14.5. The third-order valence-electron chi connectivity index (χ3n) is 4.85. The highest BCUT2D eigenvalue weighted by Crippen LogP contribution is 2.17. The van der Waals surface area contributed by atoms with Crippen molar-refractivity contribution in [3.8, 4) is 0 Å². The van der Waals surface area contributed by atoms with Crippen LogP contribution in [0.3, 0.4) is 0 Å². The first kappa shape index (κ1) is 17.4. The lowest BCUT2D eigenvalue weighted by Gasteiger charge is -2.31. The van der Waals surface area contributed by atoms with E-state index in [0.29, 0.717) is 19.6 Å². The largest absolute Gasteiger partial charge is 0.396 e. The Morgan fingerprint density at radius 1 is 1.20 bits per heavy atom. The number of carbonyl (C=O) groups is 1. The van der Waals surface area contributed by atoms with Gasteiger partial charge < -0.3 is 14.6 Å². The number of amides is 1. The van der Waals surface area contributed by atoms with Crippen molar-refractivity contribution in [2.75, 3.05) is 19.7 Å². The van der Waals surface area contributed by atoms with Gasteiger partial charge in [-0.05, 0) is 43.4 Å². The molecule has 1 aliphatic heterocycles. The topological polar surface area (TPSA) is 62.5 Å². The molecule has 3 rings (SSSR count). The quantitative estimate of drug-likeness (QED) is 0.926. The van der Waals surface area contributed by atoms with Gasteiger partial charge in [0.25, 0.3) is 11.5 Å². The van der Waals surface area contributed by atoms with Gasteiger partial charge in [-0.15, -0.1) is 0 Å². The van der Waals surface area contributed by atoms with Crippen molar-refractivity contribution in [3.05, 3.63) is 69.6 Å². The third kappa shape index (κ3) is 3.99. The molecule has 0 bridgehead atoms. The zero-order chi connectivity index (χ0) is 17.8. The molecule has 2 heterocycles. The Labute approximate surface area is 147 Å². The van der Waals surface area contributed by atoms with E-state index in [-0.39, 0.29) is 29.6 Å². The summed E-state index contributed by atoms with van der Waals surface area (Å²) in [5.74, 6) is 0.0535. The standard InChI is InChI=1S/C20H24N2O3/c1-15-4-2-5-17(12-15)13-22-9-3-6-18(20(22)25)19(24)21-10-7-16(14-23)8-11-21/h2-6,9,12,16,23H,7-8,10-11,13-14H2,1H3. The number of rotatable bonds is 4. The normalized spacial score (nSPS) is 15.4. The summed E-state index contributed by atoms with van der Waals surface area (Å²) in [5, 5.41) is 9.22. The molecule has 1 aromatic carbocycles. The van der Waals surface area contributed by atoms with Crippen LogP contribution in [0.4, 0.5) is 0 Å². The fourth-order valence-electron chi connectivity index (χ4n) is 3.32. The fraction of sp³-hybridized carbons (Fsp3) is 0.400. The smallest absolute Gasteiger partial charge is 0.263 e. The van der Waals surface area contributed by atoms with Crippen LogP contribution in [0.1, 0.15) is 34.3 Å². The van der Waals surface area contributed by atoms with Crippen LogP contribution < -0.4 is 5.56 Å². The number of carbonyl (C=O) groups excluding carboxylic acids is 1. The molecule has 0 radical (unpaired) electrons. The van der Waals surface area contributed by atoms with Gasteiger partial charge in [-0.1, -0.05) is 29.8 Å². The van der Waals surface area contributed by atoms with E-state index in [0.717, 1.165) is 24.0 Å². The predicted octanol–water partition coefficient (Wildman–Crippen LogP) is 2.05. The number of aromatic nitrogens is 1. The second kappa shape index (κ2) is 7.66. The fourth-order valence-corrected chi connectivity index (χ4v) is 3.32. The molecule has 25 heavy (non-hydrogen) atoms. The van der Waals surface area contributed by atoms with Gasteiger partial charge in [0, 0.05) is 25.9 Å². The zero-order valence-electron chi connectivity index (χ0n) is 14.5. The van der Waals surface area contributed by atoms with Crippen LogP contribution >= 0.6 is 0 Å². The Kier molecular flexibility index (Phi) is 5.34. The third-order valence-corrected chi connectivity index (χ3v) is 4.85. The highest BCUT2D eigenvalue weighted by molar-refractivity contribution is 5.93. The van der Waals surface area contributed by atoms with Gasteiger partial charge in [0.1, 0.15) is 5.56 Å². The van der Waals surface area contributed by atoms with Crippen LogP contribution in [-0.2, 0) is 6.54 Å². The first-order valence-electron chi connectivity index (χ1n) is 8.73. The molecule has 0 spiro atoms. The summed E-state index contributed by atoms with van der Waals surface area (Å²) in [6.07, 6.45) is 3.29. The summed E-state index contributed by atoms with van der Waals surface area (Å²) in [7, 11) is 0. The molecule has 5 heteroatoms. The van der Waals surface area contributed by atoms with E-state index in [2.05, 4.69) is 0 Å². The molecule has 0 unspecified atom stereocenters. The number of aliphatic hydroxyl groups excluding tert-OH is 1. The van der Waals surface area contributed by atoms with Gasteiger partial charge in [0.15, 0.2) is 0 Å². The highest BCUT2D eigenvalue weighted by Gasteiger charge is 2.25. The van der Waals surface area contributed by atoms with Crippen LogP contribution in [-0.4, -0.2) is 40.2 Å². The van der Waals surface area contributed by atoms with Gasteiger partial charge in [-0.25, -0.2) is 0 Å². The van der Waals surface area contributed by atoms with Crippen LogP contribution in [0.15, 0.2) is 47.4 Å². The van der Waals surface area contributed by atoms with Crippen molar-refractivity contribution in [2.24, 2.45) is 5.92 Å². The number of likely N-dealkylation sites (tertiary alicyclic amines) is 1. The average Bonchev–Trinajstić information content (AvgIpc) is 2.63. The molecule has 1 amide bonds. The molecule has 0 atom stereocenters. The van der Waals surface area contributed by atoms with Crippen LogP contribution in [0.2, 0.25) is 0 Å². The molecule has 132 valence electrons. The van der Waals surface area contributed by atoms with Crippen LogP contribution in [0.5, 0.6) is 0 Å². The second-order valence-corrected chi connectivity index (χ2v) is 6.76. The van der Waals surface area contributed by atoms with Crippen LogP contribution in [0.25, 0.3) is 0 Å². The lowest BCUT2D eigenvalue weighted by Crippen LogP contribution is -2.42. The molecule has 1 aliphatic rings. The first-order valence-corrected chi connectivity index (χ1v) is 8.73. The Morgan fingerprint density at radius 3 is 2.64 bits per heavy atom. The molecule has 0 aliphatic carbocycles. The molecule has 1 saturated heterocycles. The number of aliphatic hydroxyl groups is 1. The Hall–Kier alpha value is -2.40. The minimum absolute atomic E-state index is 0.163. The maximum Gasteiger partial charge on any atom is 0.263 e. The summed E-state index contributed by atoms with van der Waals surface area (Å²) in [6.45, 7) is 3.82. The van der Waals surface area contributed by atoms with Crippen molar-refractivity contribution >= 4 is 5.91 Å². The number of piperidine rings is 1. The Bertz CT molecular complexity index is 805. The molecular formula is C20H24N2O3. The lowest BCUT2D eigenvalue weighted by molar-refractivity contribution is 0.0648. The van der Waals surface area contributed by atoms with E-state index in [9.17, 15) is 14.7 Å². The summed E-state index contributed by atoms with van der Waals surface area (Å²) in [5.41, 5.74) is 2.15. The number of hydrogen-bond donors (Lipinski definition) is 1. The maximum absolute atomic E-state index is 12.7. The number of nitrogens with zero attached hydrogens (tertiary/aromatic N) is 2. The van der Waals surface area contributed by atoms with Gasteiger partial charge in [0.05, 0.1) is 6.54 Å². The molecule has 2 aromatic rings. The Balaban J connectivity index is 1.79. The lowest BCUT2D eigenvalue weighted by atomic mass is 9.97. The SMILES string of the molecule is Cc1cccc(Cn2cccc(C(=O)N3CCC(CO)CC3)c2=O)c1. The van der Waals surface area contributed by atoms with E-state index in [4.69, 9.17) is 0 Å². The summed E-state index contributed by atoms with van der Waals surface area (Å²) in [4.78, 5) is 27.2. The van der Waals surface area contributed by atoms with E-state index in [1.807, 2.05) is 31.2 Å². The number of benzene rings is 1. The van der Waals surface area contributed by atoms with Gasteiger partial charge in [0.2, 0.25) is 0 Å². The van der Waals surface area contributed by atoms with E-state index in [1.54, 1.807) is 27.8 Å².